The van der Waals surface area contributed by atoms with Crippen molar-refractivity contribution < 1.29 is 0 Å². The summed E-state index contributed by atoms with van der Waals surface area (Å²) in [6.45, 7) is 8.80. The van der Waals surface area contributed by atoms with Crippen molar-refractivity contribution in [1.82, 2.24) is 0 Å². The monoisotopic (exact) mass is 164 g/mol. The Morgan fingerprint density at radius 2 is 1.92 bits per heavy atom. The van der Waals surface area contributed by atoms with Crippen LogP contribution in [0.15, 0.2) is 12.2 Å². The van der Waals surface area contributed by atoms with E-state index in [2.05, 4.69) is 32.6 Å². The largest absolute Gasteiger partial charge is 0.0982 e. The first-order valence-corrected chi connectivity index (χ1v) is 4.81. The zero-order chi connectivity index (χ0) is 9.40. The predicted molar refractivity (Wildman–Crippen MR) is 55.8 cm³/mol. The first kappa shape index (κ1) is 11.3. The summed E-state index contributed by atoms with van der Waals surface area (Å²) in [5.41, 5.74) is 0. The molecule has 0 N–H and O–H groups in total. The van der Waals surface area contributed by atoms with E-state index in [1.807, 2.05) is 19.1 Å². The van der Waals surface area contributed by atoms with Gasteiger partial charge < -0.3 is 0 Å². The molecule has 0 radical (unpaired) electrons. The average Bonchev–Trinajstić information content (AvgIpc) is 2.10. The fourth-order valence-electron chi connectivity index (χ4n) is 0.966. The van der Waals surface area contributed by atoms with E-state index in [4.69, 9.17) is 0 Å². The molecule has 0 aliphatic rings. The van der Waals surface area contributed by atoms with Crippen molar-refractivity contribution in [2.75, 3.05) is 0 Å². The Hall–Kier alpha value is -0.700. The molecule has 0 nitrogen and oxygen atoms in total. The zero-order valence-corrected chi connectivity index (χ0v) is 8.72. The van der Waals surface area contributed by atoms with Gasteiger partial charge in [0.05, 0.1) is 0 Å². The molecular weight excluding hydrogens is 144 g/mol. The summed E-state index contributed by atoms with van der Waals surface area (Å²) in [7, 11) is 0. The van der Waals surface area contributed by atoms with Gasteiger partial charge in [0.25, 0.3) is 0 Å². The fraction of sp³-hybridized carbons (Fsp3) is 0.667. The van der Waals surface area contributed by atoms with Crippen LogP contribution in [0, 0.1) is 23.7 Å². The van der Waals surface area contributed by atoms with E-state index in [1.54, 1.807) is 0 Å². The van der Waals surface area contributed by atoms with Crippen LogP contribution in [0.5, 0.6) is 0 Å². The van der Waals surface area contributed by atoms with E-state index in [0.29, 0.717) is 0 Å². The second-order valence-electron chi connectivity index (χ2n) is 3.39. The van der Waals surface area contributed by atoms with Crippen molar-refractivity contribution in [3.05, 3.63) is 12.2 Å². The van der Waals surface area contributed by atoms with Gasteiger partial charge >= 0.3 is 0 Å². The molecule has 0 aliphatic heterocycles. The molecule has 0 bridgehead atoms. The van der Waals surface area contributed by atoms with Crippen LogP contribution in [0.3, 0.4) is 0 Å². The average molecular weight is 164 g/mol. The molecule has 2 unspecified atom stereocenters. The smallest absolute Gasteiger partial charge is 0.0120 e. The van der Waals surface area contributed by atoms with Crippen LogP contribution < -0.4 is 0 Å². The van der Waals surface area contributed by atoms with E-state index in [0.717, 1.165) is 18.3 Å². The maximum atomic E-state index is 3.16. The molecule has 0 saturated heterocycles. The molecule has 0 spiro atoms. The SMILES string of the molecule is CC=CC#CCC(C)C(C)CC. The van der Waals surface area contributed by atoms with Crippen molar-refractivity contribution in [1.29, 1.82) is 0 Å². The van der Waals surface area contributed by atoms with Gasteiger partial charge in [-0.05, 0) is 24.8 Å². The van der Waals surface area contributed by atoms with Crippen LogP contribution in [0.4, 0.5) is 0 Å². The Morgan fingerprint density at radius 3 is 2.42 bits per heavy atom. The lowest BCUT2D eigenvalue weighted by Crippen LogP contribution is -2.05. The van der Waals surface area contributed by atoms with Crippen molar-refractivity contribution in [2.45, 2.75) is 40.5 Å². The van der Waals surface area contributed by atoms with Crippen LogP contribution in [-0.2, 0) is 0 Å². The second-order valence-corrected chi connectivity index (χ2v) is 3.39. The maximum Gasteiger partial charge on any atom is 0.0120 e. The molecule has 0 aromatic carbocycles. The summed E-state index contributed by atoms with van der Waals surface area (Å²) in [5, 5.41) is 0. The van der Waals surface area contributed by atoms with E-state index < -0.39 is 0 Å². The highest BCUT2D eigenvalue weighted by Crippen LogP contribution is 2.16. The summed E-state index contributed by atoms with van der Waals surface area (Å²) in [5.74, 6) is 7.70. The third-order valence-corrected chi connectivity index (χ3v) is 2.39. The summed E-state index contributed by atoms with van der Waals surface area (Å²) in [6.07, 6.45) is 6.16. The summed E-state index contributed by atoms with van der Waals surface area (Å²) >= 11 is 0. The molecular formula is C12H20. The highest BCUT2D eigenvalue weighted by Gasteiger charge is 2.07. The van der Waals surface area contributed by atoms with Crippen molar-refractivity contribution in [2.24, 2.45) is 11.8 Å². The van der Waals surface area contributed by atoms with E-state index in [1.165, 1.54) is 6.42 Å². The molecule has 68 valence electrons. The maximum absolute atomic E-state index is 3.16. The third-order valence-electron chi connectivity index (χ3n) is 2.39. The van der Waals surface area contributed by atoms with Crippen LogP contribution in [0.1, 0.15) is 40.5 Å². The van der Waals surface area contributed by atoms with Crippen LogP contribution in [-0.4, -0.2) is 0 Å². The first-order valence-electron chi connectivity index (χ1n) is 4.81. The van der Waals surface area contributed by atoms with E-state index in [-0.39, 0.29) is 0 Å². The Bertz CT molecular complexity index is 178. The summed E-state index contributed by atoms with van der Waals surface area (Å²) < 4.78 is 0. The molecule has 0 aliphatic carbocycles. The van der Waals surface area contributed by atoms with Gasteiger partial charge in [0, 0.05) is 6.42 Å². The van der Waals surface area contributed by atoms with Gasteiger partial charge in [0.1, 0.15) is 0 Å². The van der Waals surface area contributed by atoms with Crippen molar-refractivity contribution >= 4 is 0 Å². The van der Waals surface area contributed by atoms with Gasteiger partial charge in [0.2, 0.25) is 0 Å². The van der Waals surface area contributed by atoms with E-state index >= 15 is 0 Å². The Balaban J connectivity index is 3.72. The molecule has 0 heterocycles. The Kier molecular flexibility index (Phi) is 6.57. The molecule has 0 amide bonds. The van der Waals surface area contributed by atoms with Gasteiger partial charge in [-0.15, -0.1) is 0 Å². The van der Waals surface area contributed by atoms with Gasteiger partial charge in [-0.25, -0.2) is 0 Å². The Morgan fingerprint density at radius 1 is 1.25 bits per heavy atom. The highest BCUT2D eigenvalue weighted by molar-refractivity contribution is 5.14. The second kappa shape index (κ2) is 6.98. The minimum absolute atomic E-state index is 0.729. The lowest BCUT2D eigenvalue weighted by Gasteiger charge is -2.14. The van der Waals surface area contributed by atoms with Gasteiger partial charge in [-0.2, -0.15) is 0 Å². The summed E-state index contributed by atoms with van der Waals surface area (Å²) in [4.78, 5) is 0. The molecule has 2 atom stereocenters. The Labute approximate surface area is 77.1 Å². The minimum atomic E-state index is 0.729. The number of hydrogen-bond acceptors (Lipinski definition) is 0. The first-order chi connectivity index (χ1) is 5.72. The molecule has 0 aromatic rings. The van der Waals surface area contributed by atoms with Gasteiger partial charge in [0.15, 0.2) is 0 Å². The van der Waals surface area contributed by atoms with Gasteiger partial charge in [-0.3, -0.25) is 0 Å². The van der Waals surface area contributed by atoms with E-state index in [9.17, 15) is 0 Å². The van der Waals surface area contributed by atoms with Crippen molar-refractivity contribution in [3.8, 4) is 11.8 Å². The molecule has 0 fully saturated rings. The lowest BCUT2D eigenvalue weighted by molar-refractivity contribution is 0.385. The van der Waals surface area contributed by atoms with Gasteiger partial charge in [-0.1, -0.05) is 45.1 Å². The quantitative estimate of drug-likeness (QED) is 0.559. The summed E-state index contributed by atoms with van der Waals surface area (Å²) in [6, 6.07) is 0. The zero-order valence-electron chi connectivity index (χ0n) is 8.72. The van der Waals surface area contributed by atoms with Crippen LogP contribution in [0.2, 0.25) is 0 Å². The predicted octanol–water partition coefficient (Wildman–Crippen LogP) is 3.64. The number of hydrogen-bond donors (Lipinski definition) is 0. The molecule has 0 saturated carbocycles. The lowest BCUT2D eigenvalue weighted by atomic mass is 9.91. The minimum Gasteiger partial charge on any atom is -0.0982 e. The fourth-order valence-corrected chi connectivity index (χ4v) is 0.966. The normalized spacial score (nSPS) is 15.3. The molecule has 0 heteroatoms. The molecule has 0 rings (SSSR count). The van der Waals surface area contributed by atoms with Crippen LogP contribution >= 0.6 is 0 Å². The number of allylic oxidation sites excluding steroid dienone is 2. The van der Waals surface area contributed by atoms with Crippen LogP contribution in [0.25, 0.3) is 0 Å². The molecule has 12 heavy (non-hydrogen) atoms. The topological polar surface area (TPSA) is 0 Å². The standard InChI is InChI=1S/C12H20/c1-5-7-8-9-10-12(4)11(3)6-2/h5,7,11-12H,6,10H2,1-4H3. The number of rotatable bonds is 3. The van der Waals surface area contributed by atoms with Crippen molar-refractivity contribution in [3.63, 3.8) is 0 Å². The highest BCUT2D eigenvalue weighted by atomic mass is 14.1. The molecule has 0 aromatic heterocycles. The third kappa shape index (κ3) is 5.02.